The zero-order valence-electron chi connectivity index (χ0n) is 15.9. The van der Waals surface area contributed by atoms with Crippen molar-refractivity contribution in [2.45, 2.75) is 26.9 Å². The van der Waals surface area contributed by atoms with Gasteiger partial charge in [0.1, 0.15) is 17.5 Å². The van der Waals surface area contributed by atoms with Crippen molar-refractivity contribution in [3.8, 4) is 5.82 Å². The molecule has 0 unspecified atom stereocenters. The number of hydrogen-bond acceptors (Lipinski definition) is 3. The zero-order chi connectivity index (χ0) is 19.1. The van der Waals surface area contributed by atoms with Gasteiger partial charge in [-0.1, -0.05) is 24.3 Å². The maximum absolute atomic E-state index is 13.7. The Morgan fingerprint density at radius 2 is 1.96 bits per heavy atom. The van der Waals surface area contributed by atoms with Crippen LogP contribution >= 0.6 is 24.0 Å². The highest BCUT2D eigenvalue weighted by molar-refractivity contribution is 14.0. The van der Waals surface area contributed by atoms with Crippen molar-refractivity contribution in [1.82, 2.24) is 25.2 Å². The number of nitrogens with zero attached hydrogens (tertiary/aromatic N) is 4. The molecule has 0 radical (unpaired) electrons. The quantitative estimate of drug-likeness (QED) is 0.313. The Hall–Kier alpha value is -2.49. The molecule has 0 aliphatic rings. The lowest BCUT2D eigenvalue weighted by atomic mass is 10.2. The van der Waals surface area contributed by atoms with Crippen molar-refractivity contribution in [3.63, 3.8) is 0 Å². The minimum atomic E-state index is -0.226. The molecule has 2 N–H and O–H groups in total. The van der Waals surface area contributed by atoms with E-state index in [2.05, 4.69) is 25.6 Å². The van der Waals surface area contributed by atoms with Gasteiger partial charge >= 0.3 is 0 Å². The molecule has 0 bridgehead atoms. The van der Waals surface area contributed by atoms with E-state index in [-0.39, 0.29) is 29.8 Å². The molecule has 0 fully saturated rings. The summed E-state index contributed by atoms with van der Waals surface area (Å²) in [6.45, 7) is 5.49. The molecule has 3 aromatic rings. The summed E-state index contributed by atoms with van der Waals surface area (Å²) in [5.74, 6) is 2.12. The maximum Gasteiger partial charge on any atom is 0.191 e. The van der Waals surface area contributed by atoms with E-state index in [1.165, 1.54) is 6.07 Å². The Kier molecular flexibility index (Phi) is 8.37. The molecule has 6 nitrogen and oxygen atoms in total. The fraction of sp³-hybridized carbons (Fsp3) is 0.250. The summed E-state index contributed by atoms with van der Waals surface area (Å²) < 4.78 is 15.7. The summed E-state index contributed by atoms with van der Waals surface area (Å²) in [6, 6.07) is 10.6. The Labute approximate surface area is 181 Å². The van der Waals surface area contributed by atoms with Crippen LogP contribution in [0.15, 0.2) is 60.0 Å². The van der Waals surface area contributed by atoms with Crippen molar-refractivity contribution < 1.29 is 4.39 Å². The van der Waals surface area contributed by atoms with E-state index in [0.29, 0.717) is 24.6 Å². The van der Waals surface area contributed by atoms with Gasteiger partial charge in [-0.2, -0.15) is 0 Å². The number of guanidine groups is 1. The van der Waals surface area contributed by atoms with Gasteiger partial charge in [0.2, 0.25) is 0 Å². The Morgan fingerprint density at radius 3 is 2.61 bits per heavy atom. The minimum Gasteiger partial charge on any atom is -0.357 e. The summed E-state index contributed by atoms with van der Waals surface area (Å²) in [5, 5.41) is 6.32. The van der Waals surface area contributed by atoms with Gasteiger partial charge in [-0.05, 0) is 31.5 Å². The molecule has 2 heterocycles. The standard InChI is InChI=1S/C20H23FN6.HI/c1-3-22-20(26-14-17-6-4-5-7-18(17)21)25-13-16-8-9-19(24-12-16)27-11-10-23-15(27)2;/h4-12H,3,13-14H2,1-2H3,(H2,22,25,26);1H. The van der Waals surface area contributed by atoms with Crippen LogP contribution in [0.5, 0.6) is 0 Å². The zero-order valence-corrected chi connectivity index (χ0v) is 18.2. The van der Waals surface area contributed by atoms with Crippen LogP contribution in [-0.2, 0) is 13.1 Å². The lowest BCUT2D eigenvalue weighted by molar-refractivity contribution is 0.604. The van der Waals surface area contributed by atoms with Crippen molar-refractivity contribution >= 4 is 29.9 Å². The molecule has 28 heavy (non-hydrogen) atoms. The van der Waals surface area contributed by atoms with Crippen molar-refractivity contribution in [2.75, 3.05) is 6.54 Å². The predicted molar refractivity (Wildman–Crippen MR) is 120 cm³/mol. The molecule has 0 aliphatic carbocycles. The van der Waals surface area contributed by atoms with Gasteiger partial charge < -0.3 is 10.6 Å². The van der Waals surface area contributed by atoms with Gasteiger partial charge in [-0.15, -0.1) is 24.0 Å². The number of pyridine rings is 1. The Balaban J connectivity index is 0.00000280. The van der Waals surface area contributed by atoms with Gasteiger partial charge in [0.15, 0.2) is 5.96 Å². The molecule has 3 rings (SSSR count). The highest BCUT2D eigenvalue weighted by Gasteiger charge is 2.04. The van der Waals surface area contributed by atoms with E-state index in [0.717, 1.165) is 23.8 Å². The predicted octanol–water partition coefficient (Wildman–Crippen LogP) is 3.59. The molecule has 1 aromatic carbocycles. The number of imidazole rings is 1. The second-order valence-corrected chi connectivity index (χ2v) is 6.01. The molecule has 148 valence electrons. The largest absolute Gasteiger partial charge is 0.357 e. The number of aliphatic imine (C=N–C) groups is 1. The van der Waals surface area contributed by atoms with Crippen LogP contribution in [0.3, 0.4) is 0 Å². The van der Waals surface area contributed by atoms with Crippen molar-refractivity contribution in [1.29, 1.82) is 0 Å². The molecule has 0 amide bonds. The SMILES string of the molecule is CCNC(=NCc1ccc(-n2ccnc2C)nc1)NCc1ccccc1F.I. The second-order valence-electron chi connectivity index (χ2n) is 6.01. The second kappa shape index (κ2) is 10.7. The van der Waals surface area contributed by atoms with Crippen LogP contribution in [0.4, 0.5) is 4.39 Å². The van der Waals surface area contributed by atoms with Gasteiger partial charge in [0, 0.05) is 37.2 Å². The number of nitrogens with one attached hydrogen (secondary N) is 2. The highest BCUT2D eigenvalue weighted by Crippen LogP contribution is 2.09. The van der Waals surface area contributed by atoms with Crippen LogP contribution in [0, 0.1) is 12.7 Å². The lowest BCUT2D eigenvalue weighted by Gasteiger charge is -2.12. The molecular formula is C20H24FIN6. The van der Waals surface area contributed by atoms with Crippen LogP contribution < -0.4 is 10.6 Å². The first-order valence-electron chi connectivity index (χ1n) is 8.88. The summed E-state index contributed by atoms with van der Waals surface area (Å²) >= 11 is 0. The average molecular weight is 494 g/mol. The molecule has 0 saturated heterocycles. The third-order valence-corrected chi connectivity index (χ3v) is 4.05. The van der Waals surface area contributed by atoms with Crippen LogP contribution in [-0.4, -0.2) is 27.0 Å². The van der Waals surface area contributed by atoms with Crippen molar-refractivity contribution in [3.05, 3.63) is 77.8 Å². The molecule has 0 saturated carbocycles. The first-order chi connectivity index (χ1) is 13.2. The topological polar surface area (TPSA) is 67.1 Å². The summed E-state index contributed by atoms with van der Waals surface area (Å²) in [6.07, 6.45) is 5.43. The smallest absolute Gasteiger partial charge is 0.191 e. The van der Waals surface area contributed by atoms with Crippen LogP contribution in [0.1, 0.15) is 23.9 Å². The van der Waals surface area contributed by atoms with Gasteiger partial charge in [-0.25, -0.2) is 19.4 Å². The fourth-order valence-corrected chi connectivity index (χ4v) is 2.61. The summed E-state index contributed by atoms with van der Waals surface area (Å²) in [7, 11) is 0. The van der Waals surface area contributed by atoms with E-state index in [4.69, 9.17) is 0 Å². The van der Waals surface area contributed by atoms with Gasteiger partial charge in [0.25, 0.3) is 0 Å². The van der Waals surface area contributed by atoms with E-state index in [9.17, 15) is 4.39 Å². The number of hydrogen-bond donors (Lipinski definition) is 2. The normalized spacial score (nSPS) is 11.0. The third-order valence-electron chi connectivity index (χ3n) is 4.05. The van der Waals surface area contributed by atoms with Crippen molar-refractivity contribution in [2.24, 2.45) is 4.99 Å². The molecule has 8 heteroatoms. The van der Waals surface area contributed by atoms with E-state index >= 15 is 0 Å². The van der Waals surface area contributed by atoms with Crippen LogP contribution in [0.25, 0.3) is 5.82 Å². The fourth-order valence-electron chi connectivity index (χ4n) is 2.61. The highest BCUT2D eigenvalue weighted by atomic mass is 127. The monoisotopic (exact) mass is 494 g/mol. The Morgan fingerprint density at radius 1 is 1.14 bits per heavy atom. The third kappa shape index (κ3) is 5.75. The lowest BCUT2D eigenvalue weighted by Crippen LogP contribution is -2.37. The Bertz CT molecular complexity index is 907. The molecule has 0 aliphatic heterocycles. The summed E-state index contributed by atoms with van der Waals surface area (Å²) in [5.41, 5.74) is 1.59. The first-order valence-corrected chi connectivity index (χ1v) is 8.88. The number of aromatic nitrogens is 3. The molecule has 0 spiro atoms. The van der Waals surface area contributed by atoms with Gasteiger partial charge in [-0.3, -0.25) is 4.57 Å². The molecular weight excluding hydrogens is 470 g/mol. The van der Waals surface area contributed by atoms with E-state index in [1.807, 2.05) is 42.8 Å². The average Bonchev–Trinajstić information content (AvgIpc) is 3.11. The van der Waals surface area contributed by atoms with E-state index in [1.54, 1.807) is 24.5 Å². The van der Waals surface area contributed by atoms with E-state index < -0.39 is 0 Å². The number of aryl methyl sites for hydroxylation is 1. The number of halogens is 2. The van der Waals surface area contributed by atoms with Gasteiger partial charge in [0.05, 0.1) is 6.54 Å². The minimum absolute atomic E-state index is 0. The molecule has 2 aromatic heterocycles. The molecule has 0 atom stereocenters. The number of benzene rings is 1. The first kappa shape index (κ1) is 21.8. The van der Waals surface area contributed by atoms with Crippen LogP contribution in [0.2, 0.25) is 0 Å². The maximum atomic E-state index is 13.7. The summed E-state index contributed by atoms with van der Waals surface area (Å²) in [4.78, 5) is 13.2. The number of rotatable bonds is 6.